The summed E-state index contributed by atoms with van der Waals surface area (Å²) in [5.41, 5.74) is 0. The van der Waals surface area contributed by atoms with E-state index in [1.807, 2.05) is 4.90 Å². The number of urea groups is 1. The van der Waals surface area contributed by atoms with Crippen LogP contribution in [0.1, 0.15) is 77.0 Å². The van der Waals surface area contributed by atoms with Gasteiger partial charge in [0, 0.05) is 19.5 Å². The normalized spacial score (nSPS) is 22.8. The van der Waals surface area contributed by atoms with Crippen molar-refractivity contribution in [2.24, 2.45) is 5.92 Å². The number of amides is 2. The highest BCUT2D eigenvalue weighted by atomic mass is 16.4. The van der Waals surface area contributed by atoms with Crippen molar-refractivity contribution in [3.05, 3.63) is 0 Å². The van der Waals surface area contributed by atoms with E-state index in [1.165, 1.54) is 19.3 Å². The molecule has 3 N–H and O–H groups in total. The number of unbranched alkanes of at least 4 members (excludes halogenated alkanes) is 3. The standard InChI is InChI=1S/C19H34N2O4/c22-17(15-8-4-3-5-9-15)12-13-21-16(14-20-19(21)25)10-6-1-2-7-11-18(23)24/h15-17,22H,1-14H2,(H,20,25)(H,23,24)/t16?,17-/m1/s1. The Morgan fingerprint density at radius 3 is 2.60 bits per heavy atom. The molecule has 0 aromatic rings. The lowest BCUT2D eigenvalue weighted by Gasteiger charge is -2.29. The number of nitrogens with zero attached hydrogens (tertiary/aromatic N) is 1. The topological polar surface area (TPSA) is 89.9 Å². The second kappa shape index (κ2) is 10.6. The Hall–Kier alpha value is -1.30. The zero-order valence-corrected chi connectivity index (χ0v) is 15.3. The van der Waals surface area contributed by atoms with E-state index in [4.69, 9.17) is 5.11 Å². The van der Waals surface area contributed by atoms with Gasteiger partial charge in [-0.1, -0.05) is 38.5 Å². The van der Waals surface area contributed by atoms with Gasteiger partial charge in [0.1, 0.15) is 0 Å². The SMILES string of the molecule is O=C(O)CCCCCCC1CNC(=O)N1CC[C@@H](O)C1CCCCC1. The van der Waals surface area contributed by atoms with Gasteiger partial charge in [-0.05, 0) is 38.0 Å². The maximum Gasteiger partial charge on any atom is 0.317 e. The fraction of sp³-hybridized carbons (Fsp3) is 0.895. The van der Waals surface area contributed by atoms with Gasteiger partial charge in [-0.3, -0.25) is 4.79 Å². The summed E-state index contributed by atoms with van der Waals surface area (Å²) >= 11 is 0. The Morgan fingerprint density at radius 2 is 1.88 bits per heavy atom. The summed E-state index contributed by atoms with van der Waals surface area (Å²) in [6, 6.07) is 0.206. The summed E-state index contributed by atoms with van der Waals surface area (Å²) in [7, 11) is 0. The number of hydrogen-bond acceptors (Lipinski definition) is 3. The predicted octanol–water partition coefficient (Wildman–Crippen LogP) is 3.14. The van der Waals surface area contributed by atoms with Crippen LogP contribution < -0.4 is 5.32 Å². The number of aliphatic hydroxyl groups excluding tert-OH is 1. The molecule has 144 valence electrons. The van der Waals surface area contributed by atoms with Gasteiger partial charge in [0.05, 0.1) is 12.1 Å². The minimum atomic E-state index is -0.728. The Bertz CT molecular complexity index is 424. The fourth-order valence-corrected chi connectivity index (χ4v) is 4.16. The van der Waals surface area contributed by atoms with Crippen LogP contribution >= 0.6 is 0 Å². The summed E-state index contributed by atoms with van der Waals surface area (Å²) in [6.45, 7) is 1.32. The molecule has 1 saturated heterocycles. The van der Waals surface area contributed by atoms with Crippen LogP contribution in [0.5, 0.6) is 0 Å². The second-order valence-electron chi connectivity index (χ2n) is 7.63. The Balaban J connectivity index is 1.65. The van der Waals surface area contributed by atoms with Crippen LogP contribution in [0.2, 0.25) is 0 Å². The smallest absolute Gasteiger partial charge is 0.317 e. The molecule has 0 aromatic heterocycles. The number of aliphatic hydroxyl groups is 1. The van der Waals surface area contributed by atoms with E-state index in [-0.39, 0.29) is 24.6 Å². The zero-order chi connectivity index (χ0) is 18.1. The monoisotopic (exact) mass is 354 g/mol. The molecule has 25 heavy (non-hydrogen) atoms. The minimum Gasteiger partial charge on any atom is -0.481 e. The lowest BCUT2D eigenvalue weighted by atomic mass is 9.84. The van der Waals surface area contributed by atoms with Crippen molar-refractivity contribution in [1.82, 2.24) is 10.2 Å². The maximum absolute atomic E-state index is 12.1. The Kier molecular flexibility index (Phi) is 8.52. The number of carboxylic acids is 1. The van der Waals surface area contributed by atoms with Gasteiger partial charge in [0.25, 0.3) is 0 Å². The van der Waals surface area contributed by atoms with Crippen LogP contribution in [-0.2, 0) is 4.79 Å². The molecule has 1 heterocycles. The third kappa shape index (κ3) is 6.84. The summed E-state index contributed by atoms with van der Waals surface area (Å²) < 4.78 is 0. The van der Waals surface area contributed by atoms with E-state index in [2.05, 4.69) is 5.32 Å². The first-order valence-electron chi connectivity index (χ1n) is 10.0. The van der Waals surface area contributed by atoms with Crippen molar-refractivity contribution in [2.75, 3.05) is 13.1 Å². The van der Waals surface area contributed by atoms with E-state index in [0.717, 1.165) is 44.9 Å². The lowest BCUT2D eigenvalue weighted by molar-refractivity contribution is -0.137. The first-order valence-corrected chi connectivity index (χ1v) is 10.0. The van der Waals surface area contributed by atoms with Gasteiger partial charge in [-0.15, -0.1) is 0 Å². The van der Waals surface area contributed by atoms with E-state index in [0.29, 0.717) is 25.4 Å². The number of hydrogen-bond donors (Lipinski definition) is 3. The molecule has 6 heteroatoms. The molecule has 2 amide bonds. The van der Waals surface area contributed by atoms with E-state index < -0.39 is 5.97 Å². The van der Waals surface area contributed by atoms with Gasteiger partial charge in [-0.25, -0.2) is 4.79 Å². The maximum atomic E-state index is 12.1. The van der Waals surface area contributed by atoms with Crippen LogP contribution in [0.4, 0.5) is 4.79 Å². The van der Waals surface area contributed by atoms with E-state index >= 15 is 0 Å². The van der Waals surface area contributed by atoms with Crippen molar-refractivity contribution in [2.45, 2.75) is 89.2 Å². The molecular formula is C19H34N2O4. The molecule has 2 atom stereocenters. The van der Waals surface area contributed by atoms with Crippen molar-refractivity contribution in [3.8, 4) is 0 Å². The largest absolute Gasteiger partial charge is 0.481 e. The molecule has 0 radical (unpaired) electrons. The quantitative estimate of drug-likeness (QED) is 0.497. The Morgan fingerprint density at radius 1 is 1.16 bits per heavy atom. The number of carboxylic acid groups (broad SMARTS) is 1. The van der Waals surface area contributed by atoms with Crippen molar-refractivity contribution < 1.29 is 19.8 Å². The lowest BCUT2D eigenvalue weighted by Crippen LogP contribution is -2.37. The van der Waals surface area contributed by atoms with Crippen molar-refractivity contribution >= 4 is 12.0 Å². The number of nitrogens with one attached hydrogen (secondary N) is 1. The van der Waals surface area contributed by atoms with Gasteiger partial charge in [-0.2, -0.15) is 0 Å². The highest BCUT2D eigenvalue weighted by Crippen LogP contribution is 2.28. The molecule has 2 rings (SSSR count). The van der Waals surface area contributed by atoms with Gasteiger partial charge < -0.3 is 20.4 Å². The van der Waals surface area contributed by atoms with Gasteiger partial charge in [0.2, 0.25) is 0 Å². The van der Waals surface area contributed by atoms with Crippen LogP contribution in [0.25, 0.3) is 0 Å². The minimum absolute atomic E-state index is 0.00767. The highest BCUT2D eigenvalue weighted by Gasteiger charge is 2.31. The average molecular weight is 354 g/mol. The second-order valence-corrected chi connectivity index (χ2v) is 7.63. The molecule has 0 aromatic carbocycles. The van der Waals surface area contributed by atoms with Gasteiger partial charge in [0.15, 0.2) is 0 Å². The molecule has 2 aliphatic rings. The third-order valence-corrected chi connectivity index (χ3v) is 5.73. The molecule has 6 nitrogen and oxygen atoms in total. The highest BCUT2D eigenvalue weighted by molar-refractivity contribution is 5.76. The number of carbonyl (C=O) groups excluding carboxylic acids is 1. The molecule has 1 aliphatic heterocycles. The van der Waals surface area contributed by atoms with Crippen molar-refractivity contribution in [3.63, 3.8) is 0 Å². The van der Waals surface area contributed by atoms with Crippen LogP contribution in [0, 0.1) is 5.92 Å². The fourth-order valence-electron chi connectivity index (χ4n) is 4.16. The number of rotatable bonds is 11. The molecule has 0 bridgehead atoms. The van der Waals surface area contributed by atoms with Crippen LogP contribution in [0.3, 0.4) is 0 Å². The zero-order valence-electron chi connectivity index (χ0n) is 15.3. The summed E-state index contributed by atoms with van der Waals surface area (Å²) in [5.74, 6) is -0.319. The number of aliphatic carboxylic acids is 1. The Labute approximate surface area is 151 Å². The van der Waals surface area contributed by atoms with Crippen LogP contribution in [-0.4, -0.2) is 52.3 Å². The van der Waals surface area contributed by atoms with Crippen molar-refractivity contribution in [1.29, 1.82) is 0 Å². The van der Waals surface area contributed by atoms with Crippen LogP contribution in [0.15, 0.2) is 0 Å². The predicted molar refractivity (Wildman–Crippen MR) is 96.4 cm³/mol. The summed E-state index contributed by atoms with van der Waals surface area (Å²) in [4.78, 5) is 24.4. The van der Waals surface area contributed by atoms with Gasteiger partial charge >= 0.3 is 12.0 Å². The third-order valence-electron chi connectivity index (χ3n) is 5.73. The molecule has 1 unspecified atom stereocenters. The first-order chi connectivity index (χ1) is 12.1. The molecule has 1 aliphatic carbocycles. The van der Waals surface area contributed by atoms with E-state index in [9.17, 15) is 14.7 Å². The average Bonchev–Trinajstić information content (AvgIpc) is 2.96. The first kappa shape index (κ1) is 20.0. The molecule has 1 saturated carbocycles. The summed E-state index contributed by atoms with van der Waals surface area (Å²) in [6.07, 6.45) is 11.2. The molecule has 0 spiro atoms. The molecule has 2 fully saturated rings. The number of carbonyl (C=O) groups is 2. The summed E-state index contributed by atoms with van der Waals surface area (Å²) in [5, 5.41) is 22.0. The van der Waals surface area contributed by atoms with E-state index in [1.54, 1.807) is 0 Å². The molecular weight excluding hydrogens is 320 g/mol.